The van der Waals surface area contributed by atoms with E-state index in [0.29, 0.717) is 11.4 Å². The molecule has 0 saturated heterocycles. The number of hydrogen-bond acceptors (Lipinski definition) is 3. The molecule has 1 aromatic carbocycles. The van der Waals surface area contributed by atoms with Crippen LogP contribution in [0.2, 0.25) is 0 Å². The van der Waals surface area contributed by atoms with E-state index < -0.39 is 6.10 Å². The minimum atomic E-state index is -0.518. The van der Waals surface area contributed by atoms with Crippen molar-refractivity contribution in [2.75, 3.05) is 10.6 Å². The second-order valence-electron chi connectivity index (χ2n) is 4.89. The number of carbonyl (C=O) groups is 1. The fourth-order valence-corrected chi connectivity index (χ4v) is 2.03. The van der Waals surface area contributed by atoms with Crippen molar-refractivity contribution >= 4 is 17.4 Å². The largest absolute Gasteiger partial charge is 0.389 e. The fourth-order valence-electron chi connectivity index (χ4n) is 2.03. The molecule has 2 aromatic rings. The minimum Gasteiger partial charge on any atom is -0.389 e. The van der Waals surface area contributed by atoms with E-state index in [9.17, 15) is 9.90 Å². The van der Waals surface area contributed by atoms with Crippen LogP contribution in [0, 0.1) is 0 Å². The van der Waals surface area contributed by atoms with Crippen molar-refractivity contribution in [2.45, 2.75) is 26.4 Å². The highest BCUT2D eigenvalue weighted by molar-refractivity contribution is 6.00. The Labute approximate surface area is 123 Å². The second-order valence-corrected chi connectivity index (χ2v) is 4.89. The Morgan fingerprint density at radius 2 is 2.00 bits per heavy atom. The van der Waals surface area contributed by atoms with Crippen LogP contribution in [0.3, 0.4) is 0 Å². The van der Waals surface area contributed by atoms with Crippen LogP contribution < -0.4 is 10.6 Å². The third-order valence-corrected chi connectivity index (χ3v) is 3.14. The number of nitrogens with one attached hydrogen (secondary N) is 2. The number of anilines is 2. The standard InChI is InChI=1S/C15H20N4O2/c1-4-13-14(9-19(3)18-13)17-15(21)16-12-7-5-11(6-8-12)10(2)20/h5-10,20H,4H2,1-3H3,(H2,16,17,21). The smallest absolute Gasteiger partial charge is 0.323 e. The van der Waals surface area contributed by atoms with Crippen LogP contribution in [-0.4, -0.2) is 20.9 Å². The van der Waals surface area contributed by atoms with Crippen LogP contribution in [0.15, 0.2) is 30.5 Å². The molecule has 0 radical (unpaired) electrons. The summed E-state index contributed by atoms with van der Waals surface area (Å²) in [5.41, 5.74) is 3.02. The summed E-state index contributed by atoms with van der Waals surface area (Å²) in [6, 6.07) is 6.75. The predicted octanol–water partition coefficient (Wildman–Crippen LogP) is 2.68. The maximum atomic E-state index is 12.0. The van der Waals surface area contributed by atoms with E-state index in [0.717, 1.165) is 17.7 Å². The molecule has 2 rings (SSSR count). The monoisotopic (exact) mass is 288 g/mol. The van der Waals surface area contributed by atoms with Gasteiger partial charge in [-0.05, 0) is 31.0 Å². The molecule has 21 heavy (non-hydrogen) atoms. The molecule has 2 amide bonds. The Morgan fingerprint density at radius 1 is 1.33 bits per heavy atom. The number of aromatic nitrogens is 2. The minimum absolute atomic E-state index is 0.317. The van der Waals surface area contributed by atoms with Gasteiger partial charge in [-0.25, -0.2) is 4.79 Å². The molecule has 0 bridgehead atoms. The summed E-state index contributed by atoms with van der Waals surface area (Å²) < 4.78 is 1.67. The molecule has 1 heterocycles. The second kappa shape index (κ2) is 6.41. The van der Waals surface area contributed by atoms with Gasteiger partial charge >= 0.3 is 6.03 Å². The van der Waals surface area contributed by atoms with Gasteiger partial charge in [0.2, 0.25) is 0 Å². The van der Waals surface area contributed by atoms with Crippen LogP contribution in [0.5, 0.6) is 0 Å². The Hall–Kier alpha value is -2.34. The number of nitrogens with zero attached hydrogens (tertiary/aromatic N) is 2. The van der Waals surface area contributed by atoms with E-state index in [2.05, 4.69) is 15.7 Å². The first-order valence-corrected chi connectivity index (χ1v) is 6.88. The first-order valence-electron chi connectivity index (χ1n) is 6.88. The van der Waals surface area contributed by atoms with Gasteiger partial charge in [0.05, 0.1) is 17.5 Å². The molecule has 6 nitrogen and oxygen atoms in total. The predicted molar refractivity (Wildman–Crippen MR) is 82.3 cm³/mol. The van der Waals surface area contributed by atoms with Crippen molar-refractivity contribution in [1.82, 2.24) is 9.78 Å². The van der Waals surface area contributed by atoms with E-state index in [-0.39, 0.29) is 6.03 Å². The molecule has 3 N–H and O–H groups in total. The lowest BCUT2D eigenvalue weighted by Gasteiger charge is -2.09. The molecule has 112 valence electrons. The maximum Gasteiger partial charge on any atom is 0.323 e. The van der Waals surface area contributed by atoms with Crippen LogP contribution in [-0.2, 0) is 13.5 Å². The Kier molecular flexibility index (Phi) is 4.59. The molecule has 0 aliphatic carbocycles. The Bertz CT molecular complexity index is 617. The molecule has 0 aliphatic rings. The Morgan fingerprint density at radius 3 is 2.57 bits per heavy atom. The van der Waals surface area contributed by atoms with Crippen molar-refractivity contribution in [2.24, 2.45) is 7.05 Å². The maximum absolute atomic E-state index is 12.0. The lowest BCUT2D eigenvalue weighted by Crippen LogP contribution is -2.19. The quantitative estimate of drug-likeness (QED) is 0.809. The van der Waals surface area contributed by atoms with E-state index in [1.807, 2.05) is 14.0 Å². The molecule has 1 atom stereocenters. The number of benzene rings is 1. The van der Waals surface area contributed by atoms with Gasteiger partial charge in [-0.2, -0.15) is 5.10 Å². The summed E-state index contributed by atoms with van der Waals surface area (Å²) in [6.07, 6.45) is 2.00. The number of carbonyl (C=O) groups excluding carboxylic acids is 1. The number of hydrogen-bond donors (Lipinski definition) is 3. The third-order valence-electron chi connectivity index (χ3n) is 3.14. The molecule has 1 unspecified atom stereocenters. The number of urea groups is 1. The number of aliphatic hydroxyl groups excluding tert-OH is 1. The van der Waals surface area contributed by atoms with Crippen LogP contribution in [0.4, 0.5) is 16.2 Å². The lowest BCUT2D eigenvalue weighted by molar-refractivity contribution is 0.199. The van der Waals surface area contributed by atoms with Crippen molar-refractivity contribution < 1.29 is 9.90 Å². The highest BCUT2D eigenvalue weighted by atomic mass is 16.3. The zero-order chi connectivity index (χ0) is 15.4. The number of aryl methyl sites for hydroxylation is 2. The van der Waals surface area contributed by atoms with E-state index in [1.54, 1.807) is 42.1 Å². The first-order chi connectivity index (χ1) is 9.99. The van der Waals surface area contributed by atoms with Crippen LogP contribution in [0.1, 0.15) is 31.2 Å². The van der Waals surface area contributed by atoms with Gasteiger partial charge in [-0.3, -0.25) is 4.68 Å². The number of rotatable bonds is 4. The van der Waals surface area contributed by atoms with Gasteiger partial charge in [0.1, 0.15) is 0 Å². The third kappa shape index (κ3) is 3.82. The normalized spacial score (nSPS) is 12.0. The summed E-state index contributed by atoms with van der Waals surface area (Å²) in [5, 5.41) is 19.2. The molecule has 0 aliphatic heterocycles. The average molecular weight is 288 g/mol. The SMILES string of the molecule is CCc1nn(C)cc1NC(=O)Nc1ccc(C(C)O)cc1. The van der Waals surface area contributed by atoms with Crippen molar-refractivity contribution in [3.8, 4) is 0 Å². The summed E-state index contributed by atoms with van der Waals surface area (Å²) in [5.74, 6) is 0. The lowest BCUT2D eigenvalue weighted by atomic mass is 10.1. The molecule has 0 fully saturated rings. The number of aliphatic hydroxyl groups is 1. The molecular formula is C15H20N4O2. The summed E-state index contributed by atoms with van der Waals surface area (Å²) in [6.45, 7) is 3.68. The van der Waals surface area contributed by atoms with Gasteiger partial charge in [0, 0.05) is 18.9 Å². The van der Waals surface area contributed by atoms with Crippen LogP contribution in [0.25, 0.3) is 0 Å². The first kappa shape index (κ1) is 15.1. The van der Waals surface area contributed by atoms with Gasteiger partial charge in [-0.1, -0.05) is 19.1 Å². The topological polar surface area (TPSA) is 79.2 Å². The molecular weight excluding hydrogens is 268 g/mol. The van der Waals surface area contributed by atoms with Gasteiger partial charge in [0.25, 0.3) is 0 Å². The Balaban J connectivity index is 2.01. The average Bonchev–Trinajstić information content (AvgIpc) is 2.79. The summed E-state index contributed by atoms with van der Waals surface area (Å²) in [4.78, 5) is 12.0. The molecule has 6 heteroatoms. The van der Waals surface area contributed by atoms with Gasteiger partial charge in [0.15, 0.2) is 0 Å². The van der Waals surface area contributed by atoms with E-state index in [4.69, 9.17) is 0 Å². The van der Waals surface area contributed by atoms with Gasteiger partial charge in [-0.15, -0.1) is 0 Å². The zero-order valence-electron chi connectivity index (χ0n) is 12.4. The van der Waals surface area contributed by atoms with Crippen molar-refractivity contribution in [1.29, 1.82) is 0 Å². The molecule has 0 spiro atoms. The van der Waals surface area contributed by atoms with E-state index >= 15 is 0 Å². The van der Waals surface area contributed by atoms with Crippen LogP contribution >= 0.6 is 0 Å². The highest BCUT2D eigenvalue weighted by Crippen LogP contribution is 2.17. The van der Waals surface area contributed by atoms with Gasteiger partial charge < -0.3 is 15.7 Å². The summed E-state index contributed by atoms with van der Waals surface area (Å²) in [7, 11) is 1.82. The zero-order valence-corrected chi connectivity index (χ0v) is 12.4. The van der Waals surface area contributed by atoms with Crippen molar-refractivity contribution in [3.05, 3.63) is 41.7 Å². The molecule has 1 aromatic heterocycles. The van der Waals surface area contributed by atoms with Crippen molar-refractivity contribution in [3.63, 3.8) is 0 Å². The summed E-state index contributed by atoms with van der Waals surface area (Å²) >= 11 is 0. The highest BCUT2D eigenvalue weighted by Gasteiger charge is 2.10. The fraction of sp³-hybridized carbons (Fsp3) is 0.333. The number of amides is 2. The van der Waals surface area contributed by atoms with E-state index in [1.165, 1.54) is 0 Å². The molecule has 0 saturated carbocycles.